The predicted molar refractivity (Wildman–Crippen MR) is 77.2 cm³/mol. The SMILES string of the molecule is C/C=C\CN(C(/C=C\C)=C/C)c1ccccc1. The Morgan fingerprint density at radius 3 is 2.29 bits per heavy atom. The molecule has 0 N–H and O–H groups in total. The van der Waals surface area contributed by atoms with Crippen LogP contribution in [0.15, 0.2) is 66.4 Å². The van der Waals surface area contributed by atoms with E-state index in [4.69, 9.17) is 0 Å². The fraction of sp³-hybridized carbons (Fsp3) is 0.250. The van der Waals surface area contributed by atoms with Crippen LogP contribution in [0, 0.1) is 0 Å². The predicted octanol–water partition coefficient (Wildman–Crippen LogP) is 4.55. The largest absolute Gasteiger partial charge is 0.338 e. The van der Waals surface area contributed by atoms with Crippen molar-refractivity contribution in [3.05, 3.63) is 66.4 Å². The molecule has 0 heterocycles. The zero-order valence-electron chi connectivity index (χ0n) is 10.9. The number of rotatable bonds is 5. The van der Waals surface area contributed by atoms with Gasteiger partial charge in [0, 0.05) is 17.9 Å². The number of hydrogen-bond donors (Lipinski definition) is 0. The van der Waals surface area contributed by atoms with Crippen LogP contribution in [-0.2, 0) is 0 Å². The molecule has 0 amide bonds. The third kappa shape index (κ3) is 3.95. The lowest BCUT2D eigenvalue weighted by atomic mass is 10.2. The summed E-state index contributed by atoms with van der Waals surface area (Å²) in [7, 11) is 0. The summed E-state index contributed by atoms with van der Waals surface area (Å²) in [4.78, 5) is 2.29. The molecule has 17 heavy (non-hydrogen) atoms. The molecule has 0 aromatic heterocycles. The Balaban J connectivity index is 3.03. The molecule has 0 atom stereocenters. The topological polar surface area (TPSA) is 3.24 Å². The van der Waals surface area contributed by atoms with E-state index in [0.29, 0.717) is 0 Å². The normalized spacial score (nSPS) is 12.5. The lowest BCUT2D eigenvalue weighted by Gasteiger charge is -2.24. The standard InChI is InChI=1S/C16H21N/c1-4-7-14-17(15(6-3)11-5-2)16-12-9-8-10-13-16/h4-13H,14H2,1-3H3/b7-4-,11-5-,15-6+. The first kappa shape index (κ1) is 13.3. The molecule has 0 aliphatic rings. The number of hydrogen-bond acceptors (Lipinski definition) is 1. The number of benzene rings is 1. The quantitative estimate of drug-likeness (QED) is 0.527. The third-order valence-corrected chi connectivity index (χ3v) is 2.54. The summed E-state index contributed by atoms with van der Waals surface area (Å²) in [6.07, 6.45) is 10.6. The van der Waals surface area contributed by atoms with Crippen molar-refractivity contribution in [2.24, 2.45) is 0 Å². The smallest absolute Gasteiger partial charge is 0.0413 e. The fourth-order valence-corrected chi connectivity index (χ4v) is 1.69. The van der Waals surface area contributed by atoms with Crippen molar-refractivity contribution in [1.82, 2.24) is 0 Å². The molecule has 1 heteroatoms. The molecular formula is C16H21N. The maximum absolute atomic E-state index is 2.29. The molecule has 0 aliphatic carbocycles. The Labute approximate surface area is 105 Å². The van der Waals surface area contributed by atoms with Crippen LogP contribution in [0.3, 0.4) is 0 Å². The van der Waals surface area contributed by atoms with E-state index in [1.54, 1.807) is 0 Å². The van der Waals surface area contributed by atoms with Gasteiger partial charge in [0.2, 0.25) is 0 Å². The molecule has 0 aliphatic heterocycles. The first-order chi connectivity index (χ1) is 8.33. The van der Waals surface area contributed by atoms with Crippen LogP contribution in [0.4, 0.5) is 5.69 Å². The summed E-state index contributed by atoms with van der Waals surface area (Å²) < 4.78 is 0. The van der Waals surface area contributed by atoms with Gasteiger partial charge in [0.15, 0.2) is 0 Å². The number of anilines is 1. The van der Waals surface area contributed by atoms with Crippen molar-refractivity contribution in [2.75, 3.05) is 11.4 Å². The van der Waals surface area contributed by atoms with E-state index in [1.165, 1.54) is 11.4 Å². The number of nitrogens with zero attached hydrogens (tertiary/aromatic N) is 1. The molecule has 0 spiro atoms. The van der Waals surface area contributed by atoms with Crippen LogP contribution in [0.5, 0.6) is 0 Å². The lowest BCUT2D eigenvalue weighted by molar-refractivity contribution is 1.03. The van der Waals surface area contributed by atoms with Gasteiger partial charge in [-0.15, -0.1) is 0 Å². The highest BCUT2D eigenvalue weighted by Gasteiger charge is 2.06. The molecule has 0 fully saturated rings. The highest BCUT2D eigenvalue weighted by molar-refractivity contribution is 5.55. The van der Waals surface area contributed by atoms with E-state index in [0.717, 1.165) is 6.54 Å². The second kappa shape index (κ2) is 7.50. The van der Waals surface area contributed by atoms with Crippen LogP contribution >= 0.6 is 0 Å². The van der Waals surface area contributed by atoms with Gasteiger partial charge in [0.1, 0.15) is 0 Å². The molecule has 1 aromatic carbocycles. The lowest BCUT2D eigenvalue weighted by Crippen LogP contribution is -2.21. The van der Waals surface area contributed by atoms with Gasteiger partial charge in [-0.3, -0.25) is 0 Å². The maximum Gasteiger partial charge on any atom is 0.0413 e. The van der Waals surface area contributed by atoms with Crippen molar-refractivity contribution in [2.45, 2.75) is 20.8 Å². The van der Waals surface area contributed by atoms with Crippen molar-refractivity contribution in [3.63, 3.8) is 0 Å². The Hall–Kier alpha value is -1.76. The minimum Gasteiger partial charge on any atom is -0.338 e. The molecule has 0 radical (unpaired) electrons. The number of para-hydroxylation sites is 1. The van der Waals surface area contributed by atoms with Crippen molar-refractivity contribution in [1.29, 1.82) is 0 Å². The monoisotopic (exact) mass is 227 g/mol. The van der Waals surface area contributed by atoms with Crippen LogP contribution in [0.25, 0.3) is 0 Å². The Bertz CT molecular complexity index is 399. The van der Waals surface area contributed by atoms with Gasteiger partial charge < -0.3 is 4.90 Å². The van der Waals surface area contributed by atoms with Crippen LogP contribution in [0.1, 0.15) is 20.8 Å². The summed E-state index contributed by atoms with van der Waals surface area (Å²) in [6, 6.07) is 10.5. The van der Waals surface area contributed by atoms with E-state index in [1.807, 2.05) is 19.9 Å². The van der Waals surface area contributed by atoms with Gasteiger partial charge in [-0.2, -0.15) is 0 Å². The van der Waals surface area contributed by atoms with Gasteiger partial charge in [-0.05, 0) is 39.0 Å². The Morgan fingerprint density at radius 2 is 1.76 bits per heavy atom. The van der Waals surface area contributed by atoms with E-state index >= 15 is 0 Å². The first-order valence-electron chi connectivity index (χ1n) is 6.06. The average Bonchev–Trinajstić information content (AvgIpc) is 2.39. The molecule has 0 unspecified atom stereocenters. The third-order valence-electron chi connectivity index (χ3n) is 2.54. The van der Waals surface area contributed by atoms with Crippen LogP contribution in [0.2, 0.25) is 0 Å². The van der Waals surface area contributed by atoms with Gasteiger partial charge in [-0.1, -0.05) is 42.5 Å². The Morgan fingerprint density at radius 1 is 1.06 bits per heavy atom. The minimum atomic E-state index is 0.893. The van der Waals surface area contributed by atoms with Gasteiger partial charge in [0.25, 0.3) is 0 Å². The molecule has 0 saturated heterocycles. The highest BCUT2D eigenvalue weighted by Crippen LogP contribution is 2.19. The summed E-state index contributed by atoms with van der Waals surface area (Å²) in [6.45, 7) is 7.06. The minimum absolute atomic E-state index is 0.893. The average molecular weight is 227 g/mol. The maximum atomic E-state index is 2.29. The molecule has 90 valence electrons. The second-order valence-corrected chi connectivity index (χ2v) is 3.73. The van der Waals surface area contributed by atoms with Crippen LogP contribution in [-0.4, -0.2) is 6.54 Å². The first-order valence-corrected chi connectivity index (χ1v) is 6.06. The molecular weight excluding hydrogens is 206 g/mol. The summed E-state index contributed by atoms with van der Waals surface area (Å²) in [5.41, 5.74) is 2.44. The van der Waals surface area contributed by atoms with Crippen LogP contribution < -0.4 is 4.90 Å². The zero-order chi connectivity index (χ0) is 12.5. The van der Waals surface area contributed by atoms with Crippen molar-refractivity contribution >= 4 is 5.69 Å². The van der Waals surface area contributed by atoms with Gasteiger partial charge >= 0.3 is 0 Å². The fourth-order valence-electron chi connectivity index (χ4n) is 1.69. The summed E-state index contributed by atoms with van der Waals surface area (Å²) in [5, 5.41) is 0. The summed E-state index contributed by atoms with van der Waals surface area (Å²) in [5.74, 6) is 0. The van der Waals surface area contributed by atoms with Gasteiger partial charge in [0.05, 0.1) is 0 Å². The van der Waals surface area contributed by atoms with E-state index < -0.39 is 0 Å². The van der Waals surface area contributed by atoms with Crippen molar-refractivity contribution in [3.8, 4) is 0 Å². The zero-order valence-corrected chi connectivity index (χ0v) is 10.9. The van der Waals surface area contributed by atoms with E-state index in [-0.39, 0.29) is 0 Å². The molecule has 1 aromatic rings. The molecule has 1 rings (SSSR count). The summed E-state index contributed by atoms with van der Waals surface area (Å²) >= 11 is 0. The molecule has 1 nitrogen and oxygen atoms in total. The second-order valence-electron chi connectivity index (χ2n) is 3.73. The van der Waals surface area contributed by atoms with E-state index in [9.17, 15) is 0 Å². The van der Waals surface area contributed by atoms with Gasteiger partial charge in [-0.25, -0.2) is 0 Å². The van der Waals surface area contributed by atoms with Crippen molar-refractivity contribution < 1.29 is 0 Å². The molecule has 0 bridgehead atoms. The van der Waals surface area contributed by atoms with E-state index in [2.05, 4.69) is 66.5 Å². The Kier molecular flexibility index (Phi) is 5.87. The highest BCUT2D eigenvalue weighted by atomic mass is 15.1. The molecule has 0 saturated carbocycles. The number of allylic oxidation sites excluding steroid dienone is 4.